The Kier molecular flexibility index (Phi) is 4.93. The van der Waals surface area contributed by atoms with Gasteiger partial charge in [0.25, 0.3) is 0 Å². The second-order valence-electron chi connectivity index (χ2n) is 5.70. The summed E-state index contributed by atoms with van der Waals surface area (Å²) in [4.78, 5) is 23.1. The fraction of sp³-hybridized carbons (Fsp3) is 0.500. The van der Waals surface area contributed by atoms with Gasteiger partial charge in [-0.05, 0) is 26.7 Å². The lowest BCUT2D eigenvalue weighted by Crippen LogP contribution is -2.39. The third kappa shape index (κ3) is 3.81. The molecule has 1 saturated heterocycles. The van der Waals surface area contributed by atoms with Gasteiger partial charge < -0.3 is 19.5 Å². The summed E-state index contributed by atoms with van der Waals surface area (Å²) in [7, 11) is 0. The Morgan fingerprint density at radius 2 is 2.25 bits per heavy atom. The van der Waals surface area contributed by atoms with Crippen molar-refractivity contribution in [3.8, 4) is 5.88 Å². The number of aromatic nitrogens is 3. The topological polar surface area (TPSA) is 93.4 Å². The van der Waals surface area contributed by atoms with E-state index >= 15 is 0 Å². The van der Waals surface area contributed by atoms with Gasteiger partial charge in [0.2, 0.25) is 17.7 Å². The molecular weight excluding hydrogens is 310 g/mol. The third-order valence-corrected chi connectivity index (χ3v) is 3.94. The second-order valence-corrected chi connectivity index (χ2v) is 5.70. The first-order chi connectivity index (χ1) is 11.7. The van der Waals surface area contributed by atoms with Gasteiger partial charge in [0.05, 0.1) is 6.61 Å². The Hall–Kier alpha value is -2.64. The van der Waals surface area contributed by atoms with E-state index < -0.39 is 0 Å². The van der Waals surface area contributed by atoms with Crippen LogP contribution in [-0.4, -0.2) is 40.7 Å². The minimum absolute atomic E-state index is 0.0214. The van der Waals surface area contributed by atoms with Gasteiger partial charge in [-0.1, -0.05) is 5.16 Å². The number of amides is 1. The molecule has 0 aromatic carbocycles. The molecular formula is C16H21N5O3. The lowest BCUT2D eigenvalue weighted by atomic mass is 9.96. The molecule has 2 aromatic heterocycles. The molecule has 0 aliphatic carbocycles. The highest BCUT2D eigenvalue weighted by Gasteiger charge is 2.26. The average Bonchev–Trinajstić information content (AvgIpc) is 3.00. The highest BCUT2D eigenvalue weighted by atomic mass is 16.5. The SMILES string of the molecule is CCOc1ccnc(N2CCC(C(=O)Nc3cc(C)on3)CC2)n1. The molecule has 2 aromatic rings. The Morgan fingerprint density at radius 3 is 2.92 bits per heavy atom. The van der Waals surface area contributed by atoms with Crippen molar-refractivity contribution in [2.75, 3.05) is 29.9 Å². The van der Waals surface area contributed by atoms with E-state index in [1.807, 2.05) is 6.92 Å². The summed E-state index contributed by atoms with van der Waals surface area (Å²) in [5.41, 5.74) is 0. The zero-order valence-electron chi connectivity index (χ0n) is 13.9. The Balaban J connectivity index is 1.55. The molecule has 3 heterocycles. The van der Waals surface area contributed by atoms with Gasteiger partial charge in [-0.2, -0.15) is 4.98 Å². The van der Waals surface area contributed by atoms with Crippen molar-refractivity contribution in [3.63, 3.8) is 0 Å². The lowest BCUT2D eigenvalue weighted by molar-refractivity contribution is -0.120. The number of nitrogens with one attached hydrogen (secondary N) is 1. The Morgan fingerprint density at radius 1 is 1.46 bits per heavy atom. The monoisotopic (exact) mass is 331 g/mol. The van der Waals surface area contributed by atoms with E-state index in [1.165, 1.54) is 0 Å². The molecule has 0 radical (unpaired) electrons. The van der Waals surface area contributed by atoms with Crippen molar-refractivity contribution in [1.29, 1.82) is 0 Å². The maximum Gasteiger partial charge on any atom is 0.228 e. The first-order valence-corrected chi connectivity index (χ1v) is 8.10. The Labute approximate surface area is 140 Å². The van der Waals surface area contributed by atoms with Gasteiger partial charge in [-0.25, -0.2) is 4.98 Å². The number of hydrogen-bond donors (Lipinski definition) is 1. The van der Waals surface area contributed by atoms with Gasteiger partial charge >= 0.3 is 0 Å². The van der Waals surface area contributed by atoms with Crippen LogP contribution in [-0.2, 0) is 4.79 Å². The molecule has 1 aliphatic rings. The standard InChI is InChI=1S/C16H21N5O3/c1-3-23-14-4-7-17-16(19-14)21-8-5-12(6-9-21)15(22)18-13-10-11(2)24-20-13/h4,7,10,12H,3,5-6,8-9H2,1-2H3,(H,18,20,22). The van der Waals surface area contributed by atoms with Crippen molar-refractivity contribution in [2.24, 2.45) is 5.92 Å². The molecule has 0 unspecified atom stereocenters. The fourth-order valence-electron chi connectivity index (χ4n) is 2.71. The van der Waals surface area contributed by atoms with Crippen LogP contribution in [0.4, 0.5) is 11.8 Å². The van der Waals surface area contributed by atoms with E-state index in [1.54, 1.807) is 25.3 Å². The number of ether oxygens (including phenoxy) is 1. The van der Waals surface area contributed by atoms with Crippen molar-refractivity contribution in [3.05, 3.63) is 24.1 Å². The van der Waals surface area contributed by atoms with Crippen molar-refractivity contribution < 1.29 is 14.1 Å². The van der Waals surface area contributed by atoms with E-state index in [2.05, 4.69) is 25.3 Å². The van der Waals surface area contributed by atoms with Crippen LogP contribution in [0.15, 0.2) is 22.9 Å². The van der Waals surface area contributed by atoms with E-state index in [-0.39, 0.29) is 11.8 Å². The Bertz CT molecular complexity index is 695. The second kappa shape index (κ2) is 7.29. The van der Waals surface area contributed by atoms with Crippen molar-refractivity contribution >= 4 is 17.7 Å². The largest absolute Gasteiger partial charge is 0.478 e. The highest BCUT2D eigenvalue weighted by molar-refractivity contribution is 5.91. The van der Waals surface area contributed by atoms with Crippen LogP contribution in [0.1, 0.15) is 25.5 Å². The van der Waals surface area contributed by atoms with Crippen molar-refractivity contribution in [1.82, 2.24) is 15.1 Å². The first-order valence-electron chi connectivity index (χ1n) is 8.10. The maximum atomic E-state index is 12.3. The summed E-state index contributed by atoms with van der Waals surface area (Å²) in [5.74, 6) is 2.29. The summed E-state index contributed by atoms with van der Waals surface area (Å²) < 4.78 is 10.4. The zero-order chi connectivity index (χ0) is 16.9. The number of nitrogens with zero attached hydrogens (tertiary/aromatic N) is 4. The summed E-state index contributed by atoms with van der Waals surface area (Å²) in [6, 6.07) is 3.45. The number of aryl methyl sites for hydroxylation is 1. The van der Waals surface area contributed by atoms with Crippen LogP contribution in [0, 0.1) is 12.8 Å². The van der Waals surface area contributed by atoms with Crippen LogP contribution in [0.2, 0.25) is 0 Å². The summed E-state index contributed by atoms with van der Waals surface area (Å²) >= 11 is 0. The number of rotatable bonds is 5. The average molecular weight is 331 g/mol. The normalized spacial score (nSPS) is 15.3. The predicted molar refractivity (Wildman–Crippen MR) is 88.0 cm³/mol. The molecule has 1 aliphatic heterocycles. The van der Waals surface area contributed by atoms with Gasteiger partial charge in [0.1, 0.15) is 5.76 Å². The van der Waals surface area contributed by atoms with Gasteiger partial charge in [-0.3, -0.25) is 4.79 Å². The predicted octanol–water partition coefficient (Wildman–Crippen LogP) is 2.03. The third-order valence-electron chi connectivity index (χ3n) is 3.94. The smallest absolute Gasteiger partial charge is 0.228 e. The number of hydrogen-bond acceptors (Lipinski definition) is 7. The van der Waals surface area contributed by atoms with E-state index in [9.17, 15) is 4.79 Å². The summed E-state index contributed by atoms with van der Waals surface area (Å²) in [6.45, 7) is 5.73. The van der Waals surface area contributed by atoms with Crippen LogP contribution in [0.3, 0.4) is 0 Å². The molecule has 1 amide bonds. The minimum atomic E-state index is -0.0478. The molecule has 24 heavy (non-hydrogen) atoms. The molecule has 1 N–H and O–H groups in total. The van der Waals surface area contributed by atoms with E-state index in [0.717, 1.165) is 25.9 Å². The molecule has 0 spiro atoms. The van der Waals surface area contributed by atoms with Crippen LogP contribution < -0.4 is 15.0 Å². The minimum Gasteiger partial charge on any atom is -0.478 e. The fourth-order valence-corrected chi connectivity index (χ4v) is 2.71. The van der Waals surface area contributed by atoms with Crippen LogP contribution >= 0.6 is 0 Å². The van der Waals surface area contributed by atoms with E-state index in [4.69, 9.17) is 9.26 Å². The molecule has 128 valence electrons. The summed E-state index contributed by atoms with van der Waals surface area (Å²) in [6.07, 6.45) is 3.18. The van der Waals surface area contributed by atoms with Gasteiger partial charge in [0, 0.05) is 37.3 Å². The van der Waals surface area contributed by atoms with Gasteiger partial charge in [-0.15, -0.1) is 0 Å². The van der Waals surface area contributed by atoms with Crippen LogP contribution in [0.25, 0.3) is 0 Å². The molecule has 0 saturated carbocycles. The number of carbonyl (C=O) groups excluding carboxylic acids is 1. The molecule has 0 atom stereocenters. The number of anilines is 2. The number of carbonyl (C=O) groups is 1. The molecule has 8 nitrogen and oxygen atoms in total. The number of piperidine rings is 1. The zero-order valence-corrected chi connectivity index (χ0v) is 13.9. The van der Waals surface area contributed by atoms with Crippen LogP contribution in [0.5, 0.6) is 5.88 Å². The molecule has 0 bridgehead atoms. The van der Waals surface area contributed by atoms with Crippen molar-refractivity contribution in [2.45, 2.75) is 26.7 Å². The van der Waals surface area contributed by atoms with E-state index in [0.29, 0.717) is 30.0 Å². The molecule has 1 fully saturated rings. The maximum absolute atomic E-state index is 12.3. The summed E-state index contributed by atoms with van der Waals surface area (Å²) in [5, 5.41) is 6.59. The molecule has 3 rings (SSSR count). The highest BCUT2D eigenvalue weighted by Crippen LogP contribution is 2.23. The molecule has 8 heteroatoms. The quantitative estimate of drug-likeness (QED) is 0.896. The van der Waals surface area contributed by atoms with Gasteiger partial charge in [0.15, 0.2) is 5.82 Å². The lowest BCUT2D eigenvalue weighted by Gasteiger charge is -2.31. The first kappa shape index (κ1) is 16.2.